The molecule has 3 heterocycles. The summed E-state index contributed by atoms with van der Waals surface area (Å²) in [7, 11) is 0. The molecule has 0 aromatic carbocycles. The fourth-order valence-electron chi connectivity index (χ4n) is 3.06. The maximum atomic E-state index is 12.5. The van der Waals surface area contributed by atoms with Gasteiger partial charge in [-0.15, -0.1) is 5.10 Å². The molecule has 0 bridgehead atoms. The summed E-state index contributed by atoms with van der Waals surface area (Å²) in [5.74, 6) is 0.0681. The number of tetrazole rings is 1. The summed E-state index contributed by atoms with van der Waals surface area (Å²) in [5.41, 5.74) is 2.15. The monoisotopic (exact) mass is 303 g/mol. The first kappa shape index (κ1) is 14.7. The van der Waals surface area contributed by atoms with Crippen molar-refractivity contribution in [2.24, 2.45) is 0 Å². The molecule has 1 saturated heterocycles. The number of carbonyl (C=O) groups excluding carboxylic acids is 1. The predicted molar refractivity (Wildman–Crippen MR) is 78.9 cm³/mol. The molecule has 118 valence electrons. The van der Waals surface area contributed by atoms with Crippen molar-refractivity contribution in [3.63, 3.8) is 0 Å². The van der Waals surface area contributed by atoms with Crippen LogP contribution < -0.4 is 0 Å². The maximum absolute atomic E-state index is 12.5. The minimum atomic E-state index is 0.0681. The van der Waals surface area contributed by atoms with E-state index >= 15 is 0 Å². The van der Waals surface area contributed by atoms with E-state index in [1.807, 2.05) is 16.5 Å². The first-order valence-corrected chi connectivity index (χ1v) is 7.65. The van der Waals surface area contributed by atoms with Crippen LogP contribution in [0, 0.1) is 13.8 Å². The lowest BCUT2D eigenvalue weighted by atomic mass is 10.0. The molecular formula is C14H21N7O. The van der Waals surface area contributed by atoms with Crippen LogP contribution in [-0.4, -0.2) is 53.4 Å². The average molecular weight is 303 g/mol. The molecule has 2 aromatic heterocycles. The molecule has 1 aliphatic heterocycles. The second-order valence-electron chi connectivity index (χ2n) is 5.85. The third kappa shape index (κ3) is 3.15. The highest BCUT2D eigenvalue weighted by Gasteiger charge is 2.27. The van der Waals surface area contributed by atoms with E-state index in [2.05, 4.69) is 33.6 Å². The van der Waals surface area contributed by atoms with Gasteiger partial charge in [0.1, 0.15) is 12.9 Å². The van der Waals surface area contributed by atoms with Crippen molar-refractivity contribution in [1.82, 2.24) is 34.9 Å². The second kappa shape index (κ2) is 6.25. The molecule has 2 aromatic rings. The first-order chi connectivity index (χ1) is 10.6. The van der Waals surface area contributed by atoms with Crippen LogP contribution in [0.5, 0.6) is 0 Å². The van der Waals surface area contributed by atoms with Gasteiger partial charge < -0.3 is 4.90 Å². The number of rotatable bonds is 4. The van der Waals surface area contributed by atoms with E-state index in [9.17, 15) is 4.79 Å². The van der Waals surface area contributed by atoms with Gasteiger partial charge >= 0.3 is 0 Å². The molecule has 1 atom stereocenters. The molecule has 8 nitrogen and oxygen atoms in total. The highest BCUT2D eigenvalue weighted by atomic mass is 16.2. The van der Waals surface area contributed by atoms with Gasteiger partial charge in [0.15, 0.2) is 0 Å². The lowest BCUT2D eigenvalue weighted by Crippen LogP contribution is -2.47. The number of carbonyl (C=O) groups is 1. The van der Waals surface area contributed by atoms with Crippen LogP contribution in [0.1, 0.15) is 30.7 Å². The van der Waals surface area contributed by atoms with Gasteiger partial charge in [0.25, 0.3) is 0 Å². The Kier molecular flexibility index (Phi) is 4.17. The van der Waals surface area contributed by atoms with Gasteiger partial charge in [0.2, 0.25) is 5.91 Å². The van der Waals surface area contributed by atoms with Crippen LogP contribution in [0.15, 0.2) is 12.4 Å². The van der Waals surface area contributed by atoms with Crippen molar-refractivity contribution in [2.75, 3.05) is 6.54 Å². The molecule has 0 unspecified atom stereocenters. The molecule has 0 spiro atoms. The molecule has 1 fully saturated rings. The van der Waals surface area contributed by atoms with Gasteiger partial charge in [-0.25, -0.2) is 4.68 Å². The van der Waals surface area contributed by atoms with Crippen LogP contribution in [0.25, 0.3) is 0 Å². The van der Waals surface area contributed by atoms with Gasteiger partial charge in [-0.05, 0) is 49.6 Å². The molecule has 3 rings (SSSR count). The van der Waals surface area contributed by atoms with Crippen molar-refractivity contribution in [2.45, 2.75) is 52.2 Å². The normalized spacial score (nSPS) is 18.6. The Morgan fingerprint density at radius 3 is 2.91 bits per heavy atom. The Bertz CT molecular complexity index is 634. The lowest BCUT2D eigenvalue weighted by Gasteiger charge is -2.36. The van der Waals surface area contributed by atoms with E-state index in [-0.39, 0.29) is 18.5 Å². The van der Waals surface area contributed by atoms with Gasteiger partial charge in [-0.2, -0.15) is 5.10 Å². The molecule has 1 amide bonds. The average Bonchev–Trinajstić information content (AvgIpc) is 3.10. The van der Waals surface area contributed by atoms with Crippen LogP contribution in [0.2, 0.25) is 0 Å². The van der Waals surface area contributed by atoms with Crippen LogP contribution in [-0.2, 0) is 17.9 Å². The molecular weight excluding hydrogens is 282 g/mol. The maximum Gasteiger partial charge on any atom is 0.244 e. The smallest absolute Gasteiger partial charge is 0.244 e. The Morgan fingerprint density at radius 2 is 2.23 bits per heavy atom. The molecule has 0 saturated carbocycles. The number of nitrogens with zero attached hydrogens (tertiary/aromatic N) is 7. The van der Waals surface area contributed by atoms with Gasteiger partial charge in [-0.1, -0.05) is 0 Å². The summed E-state index contributed by atoms with van der Waals surface area (Å²) in [5, 5.41) is 15.4. The molecule has 22 heavy (non-hydrogen) atoms. The summed E-state index contributed by atoms with van der Waals surface area (Å²) < 4.78 is 3.47. The van der Waals surface area contributed by atoms with E-state index in [4.69, 9.17) is 0 Å². The second-order valence-corrected chi connectivity index (χ2v) is 5.85. The van der Waals surface area contributed by atoms with E-state index in [0.717, 1.165) is 43.7 Å². The van der Waals surface area contributed by atoms with Crippen LogP contribution in [0.3, 0.4) is 0 Å². The molecule has 0 aliphatic carbocycles. The topological polar surface area (TPSA) is 81.7 Å². The van der Waals surface area contributed by atoms with Crippen molar-refractivity contribution in [1.29, 1.82) is 0 Å². The van der Waals surface area contributed by atoms with E-state index in [1.165, 1.54) is 11.0 Å². The fourth-order valence-corrected chi connectivity index (χ4v) is 3.06. The zero-order valence-corrected chi connectivity index (χ0v) is 13.0. The lowest BCUT2D eigenvalue weighted by molar-refractivity contribution is -0.136. The Balaban J connectivity index is 1.70. The number of aromatic nitrogens is 6. The van der Waals surface area contributed by atoms with Crippen molar-refractivity contribution in [3.05, 3.63) is 23.8 Å². The van der Waals surface area contributed by atoms with Crippen molar-refractivity contribution in [3.8, 4) is 0 Å². The summed E-state index contributed by atoms with van der Waals surface area (Å²) >= 11 is 0. The van der Waals surface area contributed by atoms with Crippen LogP contribution in [0.4, 0.5) is 0 Å². The van der Waals surface area contributed by atoms with Crippen LogP contribution >= 0.6 is 0 Å². The number of piperidine rings is 1. The minimum Gasteiger partial charge on any atom is -0.336 e. The first-order valence-electron chi connectivity index (χ1n) is 7.65. The zero-order chi connectivity index (χ0) is 15.5. The zero-order valence-electron chi connectivity index (χ0n) is 13.0. The molecule has 1 aliphatic rings. The standard InChI is InChI=1S/C14H21N7O/c1-11-7-12(2)21(16-11)8-13-5-3-4-6-20(13)14(22)9-19-10-15-17-18-19/h7,10,13H,3-6,8-9H2,1-2H3/t13-/m1/s1. The van der Waals surface area contributed by atoms with Gasteiger partial charge in [-0.3, -0.25) is 9.48 Å². The summed E-state index contributed by atoms with van der Waals surface area (Å²) in [6.07, 6.45) is 4.69. The number of aryl methyl sites for hydroxylation is 2. The Labute approximate surface area is 129 Å². The molecule has 0 N–H and O–H groups in total. The number of hydrogen-bond donors (Lipinski definition) is 0. The summed E-state index contributed by atoms with van der Waals surface area (Å²) in [6, 6.07) is 2.26. The predicted octanol–water partition coefficient (Wildman–Crippen LogP) is 0.568. The SMILES string of the molecule is Cc1cc(C)n(C[C@H]2CCCCN2C(=O)Cn2cnnn2)n1. The highest BCUT2D eigenvalue weighted by molar-refractivity contribution is 5.76. The Hall–Kier alpha value is -2.25. The fraction of sp³-hybridized carbons (Fsp3) is 0.643. The van der Waals surface area contributed by atoms with Crippen molar-refractivity contribution >= 4 is 5.91 Å². The third-order valence-corrected chi connectivity index (χ3v) is 4.12. The third-order valence-electron chi connectivity index (χ3n) is 4.12. The van der Waals surface area contributed by atoms with Gasteiger partial charge in [0, 0.05) is 12.2 Å². The largest absolute Gasteiger partial charge is 0.336 e. The quantitative estimate of drug-likeness (QED) is 0.824. The van der Waals surface area contributed by atoms with E-state index in [0.29, 0.717) is 0 Å². The highest BCUT2D eigenvalue weighted by Crippen LogP contribution is 2.19. The molecule has 8 heteroatoms. The number of likely N-dealkylation sites (tertiary alicyclic amines) is 1. The molecule has 0 radical (unpaired) electrons. The van der Waals surface area contributed by atoms with Gasteiger partial charge in [0.05, 0.1) is 18.3 Å². The summed E-state index contributed by atoms with van der Waals surface area (Å²) in [6.45, 7) is 5.79. The Morgan fingerprint density at radius 1 is 1.36 bits per heavy atom. The summed E-state index contributed by atoms with van der Waals surface area (Å²) in [4.78, 5) is 14.5. The number of amides is 1. The van der Waals surface area contributed by atoms with Crippen molar-refractivity contribution < 1.29 is 4.79 Å². The number of hydrogen-bond acceptors (Lipinski definition) is 5. The minimum absolute atomic E-state index is 0.0681. The van der Waals surface area contributed by atoms with E-state index in [1.54, 1.807) is 0 Å². The van der Waals surface area contributed by atoms with E-state index < -0.39 is 0 Å².